The molecule has 0 heterocycles. The molecule has 2 aromatic carbocycles. The van der Waals surface area contributed by atoms with E-state index in [1.807, 2.05) is 0 Å². The molecule has 2 aromatic rings. The number of amides is 1. The molecular formula is C14H11BrF2N2O. The van der Waals surface area contributed by atoms with Crippen LogP contribution in [0, 0.1) is 18.6 Å². The molecule has 0 aromatic heterocycles. The van der Waals surface area contributed by atoms with E-state index in [-0.39, 0.29) is 11.4 Å². The normalized spacial score (nSPS) is 10.4. The fraction of sp³-hybridized carbons (Fsp3) is 0.0714. The Labute approximate surface area is 122 Å². The predicted octanol–water partition coefficient (Wildman–Crippen LogP) is 3.87. The van der Waals surface area contributed by atoms with E-state index in [1.165, 1.54) is 6.07 Å². The Morgan fingerprint density at radius 2 is 1.95 bits per heavy atom. The van der Waals surface area contributed by atoms with Crippen LogP contribution in [0.15, 0.2) is 34.8 Å². The molecule has 0 spiro atoms. The van der Waals surface area contributed by atoms with E-state index < -0.39 is 17.5 Å². The van der Waals surface area contributed by atoms with Crippen LogP contribution in [0.1, 0.15) is 15.9 Å². The number of benzene rings is 2. The van der Waals surface area contributed by atoms with Crippen molar-refractivity contribution in [2.75, 3.05) is 11.1 Å². The highest BCUT2D eigenvalue weighted by atomic mass is 79.9. The lowest BCUT2D eigenvalue weighted by Gasteiger charge is -2.11. The van der Waals surface area contributed by atoms with Gasteiger partial charge in [-0.05, 0) is 36.8 Å². The fourth-order valence-corrected chi connectivity index (χ4v) is 2.09. The van der Waals surface area contributed by atoms with Crippen molar-refractivity contribution in [3.8, 4) is 0 Å². The molecule has 0 aliphatic carbocycles. The summed E-state index contributed by atoms with van der Waals surface area (Å²) >= 11 is 3.30. The first-order valence-corrected chi connectivity index (χ1v) is 6.51. The minimum absolute atomic E-state index is 0.0371. The summed E-state index contributed by atoms with van der Waals surface area (Å²) in [4.78, 5) is 12.1. The Kier molecular flexibility index (Phi) is 4.04. The Morgan fingerprint density at radius 3 is 2.65 bits per heavy atom. The highest BCUT2D eigenvalue weighted by Crippen LogP contribution is 2.26. The van der Waals surface area contributed by atoms with Gasteiger partial charge >= 0.3 is 0 Å². The van der Waals surface area contributed by atoms with Gasteiger partial charge in [-0.15, -0.1) is 0 Å². The molecule has 0 fully saturated rings. The van der Waals surface area contributed by atoms with E-state index >= 15 is 0 Å². The van der Waals surface area contributed by atoms with E-state index in [9.17, 15) is 13.6 Å². The lowest BCUT2D eigenvalue weighted by molar-refractivity contribution is 0.102. The van der Waals surface area contributed by atoms with Crippen LogP contribution < -0.4 is 11.1 Å². The lowest BCUT2D eigenvalue weighted by atomic mass is 10.1. The highest BCUT2D eigenvalue weighted by molar-refractivity contribution is 9.10. The molecule has 0 atom stereocenters. The molecule has 2 rings (SSSR count). The first-order chi connectivity index (χ1) is 9.41. The van der Waals surface area contributed by atoms with E-state index in [2.05, 4.69) is 21.2 Å². The quantitative estimate of drug-likeness (QED) is 0.815. The zero-order valence-electron chi connectivity index (χ0n) is 10.5. The van der Waals surface area contributed by atoms with Crippen molar-refractivity contribution in [3.05, 3.63) is 57.6 Å². The van der Waals surface area contributed by atoms with Crippen LogP contribution in [-0.4, -0.2) is 5.91 Å². The standard InChI is InChI=1S/C14H11BrF2N2O/c1-7-8(3-2-4-9(7)15)14(20)19-13-11(18)6-5-10(16)12(13)17/h2-6H,18H2,1H3,(H,19,20). The van der Waals surface area contributed by atoms with Gasteiger partial charge < -0.3 is 11.1 Å². The highest BCUT2D eigenvalue weighted by Gasteiger charge is 2.17. The Balaban J connectivity index is 2.38. The van der Waals surface area contributed by atoms with Crippen molar-refractivity contribution in [3.63, 3.8) is 0 Å². The fourth-order valence-electron chi connectivity index (χ4n) is 1.73. The minimum Gasteiger partial charge on any atom is -0.397 e. The average Bonchev–Trinajstić information content (AvgIpc) is 2.42. The molecule has 6 heteroatoms. The lowest BCUT2D eigenvalue weighted by Crippen LogP contribution is -2.16. The van der Waals surface area contributed by atoms with Crippen molar-refractivity contribution in [1.29, 1.82) is 0 Å². The van der Waals surface area contributed by atoms with Crippen LogP contribution in [0.3, 0.4) is 0 Å². The van der Waals surface area contributed by atoms with Gasteiger partial charge in [0.1, 0.15) is 5.69 Å². The Bertz CT molecular complexity index is 689. The molecule has 0 saturated carbocycles. The van der Waals surface area contributed by atoms with Gasteiger partial charge in [-0.3, -0.25) is 4.79 Å². The third-order valence-electron chi connectivity index (χ3n) is 2.88. The van der Waals surface area contributed by atoms with E-state index in [0.717, 1.165) is 10.5 Å². The largest absolute Gasteiger partial charge is 0.397 e. The molecule has 0 aliphatic heterocycles. The summed E-state index contributed by atoms with van der Waals surface area (Å²) in [5, 5.41) is 2.30. The van der Waals surface area contributed by atoms with Crippen molar-refractivity contribution >= 4 is 33.2 Å². The van der Waals surface area contributed by atoms with Crippen LogP contribution >= 0.6 is 15.9 Å². The summed E-state index contributed by atoms with van der Waals surface area (Å²) < 4.78 is 27.6. The predicted molar refractivity (Wildman–Crippen MR) is 77.6 cm³/mol. The zero-order chi connectivity index (χ0) is 14.9. The zero-order valence-corrected chi connectivity index (χ0v) is 12.1. The number of carbonyl (C=O) groups excluding carboxylic acids is 1. The second-order valence-electron chi connectivity index (χ2n) is 4.19. The monoisotopic (exact) mass is 340 g/mol. The van der Waals surface area contributed by atoms with Gasteiger partial charge in [0, 0.05) is 10.0 Å². The number of nitrogens with one attached hydrogen (secondary N) is 1. The van der Waals surface area contributed by atoms with Gasteiger partial charge in [0.25, 0.3) is 5.91 Å². The molecule has 3 N–H and O–H groups in total. The minimum atomic E-state index is -1.18. The number of anilines is 2. The number of halogens is 3. The van der Waals surface area contributed by atoms with Gasteiger partial charge in [-0.25, -0.2) is 8.78 Å². The second-order valence-corrected chi connectivity index (χ2v) is 5.05. The molecule has 104 valence electrons. The molecule has 0 saturated heterocycles. The average molecular weight is 341 g/mol. The van der Waals surface area contributed by atoms with Crippen molar-refractivity contribution in [1.82, 2.24) is 0 Å². The van der Waals surface area contributed by atoms with Gasteiger partial charge in [0.05, 0.1) is 5.69 Å². The van der Waals surface area contributed by atoms with Crippen LogP contribution in [-0.2, 0) is 0 Å². The maximum Gasteiger partial charge on any atom is 0.256 e. The Morgan fingerprint density at radius 1 is 1.25 bits per heavy atom. The van der Waals surface area contributed by atoms with Crippen LogP contribution in [0.5, 0.6) is 0 Å². The van der Waals surface area contributed by atoms with Crippen LogP contribution in [0.2, 0.25) is 0 Å². The second kappa shape index (κ2) is 5.58. The van der Waals surface area contributed by atoms with Gasteiger partial charge in [-0.1, -0.05) is 22.0 Å². The van der Waals surface area contributed by atoms with Gasteiger partial charge in [-0.2, -0.15) is 0 Å². The molecule has 0 unspecified atom stereocenters. The van der Waals surface area contributed by atoms with Crippen molar-refractivity contribution in [2.45, 2.75) is 6.92 Å². The summed E-state index contributed by atoms with van der Waals surface area (Å²) in [7, 11) is 0. The number of hydrogen-bond acceptors (Lipinski definition) is 2. The molecule has 1 amide bonds. The first kappa shape index (κ1) is 14.5. The smallest absolute Gasteiger partial charge is 0.256 e. The maximum atomic E-state index is 13.6. The maximum absolute atomic E-state index is 13.6. The van der Waals surface area contributed by atoms with Crippen molar-refractivity contribution < 1.29 is 13.6 Å². The first-order valence-electron chi connectivity index (χ1n) is 5.71. The number of nitrogen functional groups attached to an aromatic ring is 1. The molecule has 0 bridgehead atoms. The third kappa shape index (κ3) is 2.65. The summed E-state index contributed by atoms with van der Waals surface area (Å²) in [5.41, 5.74) is 6.21. The molecule has 0 aliphatic rings. The summed E-state index contributed by atoms with van der Waals surface area (Å²) in [6, 6.07) is 7.15. The van der Waals surface area contributed by atoms with E-state index in [4.69, 9.17) is 5.73 Å². The number of nitrogens with two attached hydrogens (primary N) is 1. The van der Waals surface area contributed by atoms with Gasteiger partial charge in [0.15, 0.2) is 11.6 Å². The van der Waals surface area contributed by atoms with Gasteiger partial charge in [0.2, 0.25) is 0 Å². The molecule has 0 radical (unpaired) electrons. The number of carbonyl (C=O) groups is 1. The molecule has 3 nitrogen and oxygen atoms in total. The van der Waals surface area contributed by atoms with E-state index in [0.29, 0.717) is 11.1 Å². The van der Waals surface area contributed by atoms with E-state index in [1.54, 1.807) is 25.1 Å². The number of rotatable bonds is 2. The van der Waals surface area contributed by atoms with Crippen LogP contribution in [0.25, 0.3) is 0 Å². The molecule has 20 heavy (non-hydrogen) atoms. The van der Waals surface area contributed by atoms with Crippen LogP contribution in [0.4, 0.5) is 20.2 Å². The molecular weight excluding hydrogens is 330 g/mol. The summed E-state index contributed by atoms with van der Waals surface area (Å²) in [6.07, 6.45) is 0. The van der Waals surface area contributed by atoms with Crippen molar-refractivity contribution in [2.24, 2.45) is 0 Å². The summed E-state index contributed by atoms with van der Waals surface area (Å²) in [5.74, 6) is -2.80. The Hall–Kier alpha value is -1.95. The SMILES string of the molecule is Cc1c(Br)cccc1C(=O)Nc1c(N)ccc(F)c1F. The topological polar surface area (TPSA) is 55.1 Å². The summed E-state index contributed by atoms with van der Waals surface area (Å²) in [6.45, 7) is 1.74. The number of hydrogen-bond donors (Lipinski definition) is 2. The third-order valence-corrected chi connectivity index (χ3v) is 3.74.